The number of anilines is 1. The molecule has 0 radical (unpaired) electrons. The van der Waals surface area contributed by atoms with Crippen molar-refractivity contribution in [2.75, 3.05) is 12.4 Å². The van der Waals surface area contributed by atoms with Crippen LogP contribution in [0.5, 0.6) is 5.75 Å². The number of nitriles is 1. The molecule has 2 N–H and O–H groups in total. The molecular formula is C19H18N4O4. The standard InChI is InChI=1S/C19H18N4O4/c1-13-4-3-5-14(8-13)11-21-12-15(10-20)19(24)22-17-7-6-16(23(25)26)9-18(17)27-2/h3-9,12,21H,11H2,1-2H3,(H,22,24)/b15-12-. The van der Waals surface area contributed by atoms with Gasteiger partial charge in [-0.3, -0.25) is 14.9 Å². The van der Waals surface area contributed by atoms with Gasteiger partial charge in [0.25, 0.3) is 11.6 Å². The smallest absolute Gasteiger partial charge is 0.273 e. The molecule has 0 bridgehead atoms. The number of carbonyl (C=O) groups excluding carboxylic acids is 1. The SMILES string of the molecule is COc1cc([N+](=O)[O-])ccc1NC(=O)/C(C#N)=C\NCc1cccc(C)c1. The Morgan fingerprint density at radius 2 is 2.11 bits per heavy atom. The molecule has 0 fully saturated rings. The van der Waals surface area contributed by atoms with E-state index in [1.807, 2.05) is 37.3 Å². The van der Waals surface area contributed by atoms with Gasteiger partial charge in [-0.05, 0) is 18.6 Å². The molecule has 0 aliphatic carbocycles. The molecule has 0 atom stereocenters. The van der Waals surface area contributed by atoms with E-state index in [2.05, 4.69) is 10.6 Å². The summed E-state index contributed by atoms with van der Waals surface area (Å²) in [7, 11) is 1.33. The number of carbonyl (C=O) groups is 1. The van der Waals surface area contributed by atoms with Crippen molar-refractivity contribution in [1.82, 2.24) is 5.32 Å². The number of methoxy groups -OCH3 is 1. The van der Waals surface area contributed by atoms with Crippen LogP contribution in [-0.4, -0.2) is 17.9 Å². The van der Waals surface area contributed by atoms with E-state index in [-0.39, 0.29) is 22.7 Å². The van der Waals surface area contributed by atoms with Crippen LogP contribution in [0.1, 0.15) is 11.1 Å². The number of nitro benzene ring substituents is 1. The summed E-state index contributed by atoms with van der Waals surface area (Å²) in [6.07, 6.45) is 1.33. The molecular weight excluding hydrogens is 348 g/mol. The molecule has 8 heteroatoms. The maximum Gasteiger partial charge on any atom is 0.273 e. The third kappa shape index (κ3) is 5.31. The molecule has 0 saturated carbocycles. The number of amides is 1. The Morgan fingerprint density at radius 3 is 2.74 bits per heavy atom. The van der Waals surface area contributed by atoms with Gasteiger partial charge >= 0.3 is 0 Å². The van der Waals surface area contributed by atoms with Crippen LogP contribution in [0, 0.1) is 28.4 Å². The van der Waals surface area contributed by atoms with E-state index in [0.29, 0.717) is 6.54 Å². The quantitative estimate of drug-likeness (QED) is 0.337. The van der Waals surface area contributed by atoms with Gasteiger partial charge in [0.2, 0.25) is 0 Å². The van der Waals surface area contributed by atoms with E-state index in [1.54, 1.807) is 0 Å². The molecule has 0 unspecified atom stereocenters. The number of ether oxygens (including phenoxy) is 1. The van der Waals surface area contributed by atoms with Gasteiger partial charge in [-0.15, -0.1) is 0 Å². The Kier molecular flexibility index (Phi) is 6.49. The fraction of sp³-hybridized carbons (Fsp3) is 0.158. The van der Waals surface area contributed by atoms with Crippen molar-refractivity contribution in [3.8, 4) is 11.8 Å². The largest absolute Gasteiger partial charge is 0.494 e. The van der Waals surface area contributed by atoms with Crippen LogP contribution < -0.4 is 15.4 Å². The Hall–Kier alpha value is -3.86. The first-order chi connectivity index (χ1) is 12.9. The Balaban J connectivity index is 2.08. The number of rotatable bonds is 7. The summed E-state index contributed by atoms with van der Waals surface area (Å²) in [5.74, 6) is -0.524. The number of non-ortho nitro benzene ring substituents is 1. The molecule has 0 aliphatic heterocycles. The Bertz CT molecular complexity index is 932. The van der Waals surface area contributed by atoms with E-state index in [4.69, 9.17) is 4.74 Å². The van der Waals surface area contributed by atoms with Gasteiger partial charge in [-0.2, -0.15) is 5.26 Å². The van der Waals surface area contributed by atoms with Crippen molar-refractivity contribution in [3.63, 3.8) is 0 Å². The van der Waals surface area contributed by atoms with Crippen molar-refractivity contribution < 1.29 is 14.5 Å². The molecule has 0 heterocycles. The summed E-state index contributed by atoms with van der Waals surface area (Å²) in [5.41, 5.74) is 2.06. The first kappa shape index (κ1) is 19.5. The minimum Gasteiger partial charge on any atom is -0.494 e. The first-order valence-corrected chi connectivity index (χ1v) is 7.97. The van der Waals surface area contributed by atoms with Gasteiger partial charge in [0.05, 0.1) is 23.8 Å². The zero-order valence-corrected chi connectivity index (χ0v) is 14.9. The fourth-order valence-corrected chi connectivity index (χ4v) is 2.33. The Labute approximate surface area is 156 Å². The maximum atomic E-state index is 12.3. The number of benzene rings is 2. The summed E-state index contributed by atoms with van der Waals surface area (Å²) in [6.45, 7) is 2.44. The van der Waals surface area contributed by atoms with E-state index in [1.165, 1.54) is 31.5 Å². The number of nitro groups is 1. The van der Waals surface area contributed by atoms with Crippen LogP contribution in [0.15, 0.2) is 54.2 Å². The average Bonchev–Trinajstić information content (AvgIpc) is 2.65. The summed E-state index contributed by atoms with van der Waals surface area (Å²) in [6, 6.07) is 13.4. The molecule has 8 nitrogen and oxygen atoms in total. The summed E-state index contributed by atoms with van der Waals surface area (Å²) in [4.78, 5) is 22.5. The first-order valence-electron chi connectivity index (χ1n) is 7.97. The van der Waals surface area contributed by atoms with Crippen LogP contribution in [0.3, 0.4) is 0 Å². The van der Waals surface area contributed by atoms with Crippen LogP contribution in [0.4, 0.5) is 11.4 Å². The molecule has 0 aromatic heterocycles. The number of nitrogens with zero attached hydrogens (tertiary/aromatic N) is 2. The van der Waals surface area contributed by atoms with Crippen LogP contribution in [-0.2, 0) is 11.3 Å². The van der Waals surface area contributed by atoms with Crippen molar-refractivity contribution >= 4 is 17.3 Å². The topological polar surface area (TPSA) is 117 Å². The predicted molar refractivity (Wildman–Crippen MR) is 100.0 cm³/mol. The van der Waals surface area contributed by atoms with Gasteiger partial charge in [-0.1, -0.05) is 29.8 Å². The van der Waals surface area contributed by atoms with E-state index in [0.717, 1.165) is 11.1 Å². The molecule has 27 heavy (non-hydrogen) atoms. The molecule has 2 rings (SSSR count). The highest BCUT2D eigenvalue weighted by Crippen LogP contribution is 2.29. The zero-order valence-electron chi connectivity index (χ0n) is 14.9. The lowest BCUT2D eigenvalue weighted by Crippen LogP contribution is -2.17. The molecule has 1 amide bonds. The number of hydrogen-bond donors (Lipinski definition) is 2. The molecule has 138 valence electrons. The van der Waals surface area contributed by atoms with E-state index < -0.39 is 10.8 Å². The summed E-state index contributed by atoms with van der Waals surface area (Å²) < 4.78 is 5.06. The number of hydrogen-bond acceptors (Lipinski definition) is 6. The number of aryl methyl sites for hydroxylation is 1. The highest BCUT2D eigenvalue weighted by molar-refractivity contribution is 6.07. The third-order valence-corrected chi connectivity index (χ3v) is 3.64. The molecule has 0 saturated heterocycles. The molecule has 0 spiro atoms. The van der Waals surface area contributed by atoms with Gasteiger partial charge < -0.3 is 15.4 Å². The average molecular weight is 366 g/mol. The summed E-state index contributed by atoms with van der Waals surface area (Å²) in [5, 5.41) is 25.5. The normalized spacial score (nSPS) is 10.6. The lowest BCUT2D eigenvalue weighted by molar-refractivity contribution is -0.384. The fourth-order valence-electron chi connectivity index (χ4n) is 2.33. The second-order valence-corrected chi connectivity index (χ2v) is 5.64. The number of nitrogens with one attached hydrogen (secondary N) is 2. The second-order valence-electron chi connectivity index (χ2n) is 5.64. The lowest BCUT2D eigenvalue weighted by Gasteiger charge is -2.10. The zero-order chi connectivity index (χ0) is 19.8. The van der Waals surface area contributed by atoms with Gasteiger partial charge in [-0.25, -0.2) is 0 Å². The van der Waals surface area contributed by atoms with Crippen molar-refractivity contribution in [3.05, 3.63) is 75.5 Å². The minimum absolute atomic E-state index is 0.127. The van der Waals surface area contributed by atoms with Gasteiger partial charge in [0, 0.05) is 18.8 Å². The minimum atomic E-state index is -0.651. The molecule has 0 aliphatic rings. The van der Waals surface area contributed by atoms with Crippen molar-refractivity contribution in [2.24, 2.45) is 0 Å². The molecule has 2 aromatic carbocycles. The predicted octanol–water partition coefficient (Wildman–Crippen LogP) is 3.05. The maximum absolute atomic E-state index is 12.3. The van der Waals surface area contributed by atoms with Crippen LogP contribution in [0.2, 0.25) is 0 Å². The van der Waals surface area contributed by atoms with Gasteiger partial charge in [0.15, 0.2) is 0 Å². The highest BCUT2D eigenvalue weighted by atomic mass is 16.6. The van der Waals surface area contributed by atoms with Gasteiger partial charge in [0.1, 0.15) is 17.4 Å². The van der Waals surface area contributed by atoms with Crippen molar-refractivity contribution in [1.29, 1.82) is 5.26 Å². The van der Waals surface area contributed by atoms with Crippen LogP contribution in [0.25, 0.3) is 0 Å². The molecule has 2 aromatic rings. The third-order valence-electron chi connectivity index (χ3n) is 3.64. The second kappa shape index (κ2) is 9.01. The Morgan fingerprint density at radius 1 is 1.33 bits per heavy atom. The van der Waals surface area contributed by atoms with E-state index in [9.17, 15) is 20.2 Å². The highest BCUT2D eigenvalue weighted by Gasteiger charge is 2.15. The monoisotopic (exact) mass is 366 g/mol. The van der Waals surface area contributed by atoms with Crippen LogP contribution >= 0.6 is 0 Å². The lowest BCUT2D eigenvalue weighted by atomic mass is 10.1. The van der Waals surface area contributed by atoms with E-state index >= 15 is 0 Å². The van der Waals surface area contributed by atoms with Crippen molar-refractivity contribution in [2.45, 2.75) is 13.5 Å². The summed E-state index contributed by atoms with van der Waals surface area (Å²) >= 11 is 0.